The normalized spacial score (nSPS) is 24.4. The second-order valence-electron chi connectivity index (χ2n) is 4.82. The number of hydrogen-bond donors (Lipinski definition) is 1. The molecular weight excluding hydrogens is 271 g/mol. The largest absolute Gasteiger partial charge is 0.491 e. The van der Waals surface area contributed by atoms with Crippen molar-refractivity contribution in [3.05, 3.63) is 28.2 Å². The molecule has 2 N–H and O–H groups in total. The predicted octanol–water partition coefficient (Wildman–Crippen LogP) is 2.65. The molecule has 18 heavy (non-hydrogen) atoms. The van der Waals surface area contributed by atoms with Crippen molar-refractivity contribution in [3.63, 3.8) is 0 Å². The number of ether oxygens (including phenoxy) is 1. The summed E-state index contributed by atoms with van der Waals surface area (Å²) in [6.45, 7) is 5.65. The molecule has 1 aromatic carbocycles. The molecule has 2 unspecified atom stereocenters. The highest BCUT2D eigenvalue weighted by Gasteiger charge is 2.25. The van der Waals surface area contributed by atoms with Gasteiger partial charge in [0.1, 0.15) is 12.4 Å². The maximum atomic E-state index is 6.03. The van der Waals surface area contributed by atoms with E-state index in [1.165, 1.54) is 0 Å². The van der Waals surface area contributed by atoms with Gasteiger partial charge in [0.25, 0.3) is 0 Å². The Balaban J connectivity index is 1.79. The molecule has 0 spiro atoms. The Morgan fingerprint density at radius 1 is 1.39 bits per heavy atom. The SMILES string of the molecule is CC1CN(CCOc2ccc(Cl)cc2Cl)CC1N. The van der Waals surface area contributed by atoms with Crippen LogP contribution in [-0.4, -0.2) is 37.2 Å². The number of nitrogens with two attached hydrogens (primary N) is 1. The van der Waals surface area contributed by atoms with Crippen molar-refractivity contribution in [1.82, 2.24) is 4.90 Å². The monoisotopic (exact) mass is 288 g/mol. The van der Waals surface area contributed by atoms with Crippen LogP contribution in [0.4, 0.5) is 0 Å². The molecule has 0 bridgehead atoms. The highest BCUT2D eigenvalue weighted by molar-refractivity contribution is 6.35. The van der Waals surface area contributed by atoms with E-state index in [1.54, 1.807) is 18.2 Å². The average molecular weight is 289 g/mol. The zero-order chi connectivity index (χ0) is 13.1. The summed E-state index contributed by atoms with van der Waals surface area (Å²) in [7, 11) is 0. The molecular formula is C13H18Cl2N2O. The van der Waals surface area contributed by atoms with Crippen LogP contribution in [0.2, 0.25) is 10.0 Å². The number of hydrogen-bond acceptors (Lipinski definition) is 3. The minimum atomic E-state index is 0.282. The summed E-state index contributed by atoms with van der Waals surface area (Å²) >= 11 is 11.9. The van der Waals surface area contributed by atoms with E-state index in [1.807, 2.05) is 0 Å². The molecule has 1 fully saturated rings. The molecule has 0 aromatic heterocycles. The second-order valence-corrected chi connectivity index (χ2v) is 5.67. The molecule has 3 nitrogen and oxygen atoms in total. The molecule has 1 heterocycles. The molecule has 2 atom stereocenters. The summed E-state index contributed by atoms with van der Waals surface area (Å²) in [5.41, 5.74) is 5.97. The Morgan fingerprint density at radius 3 is 2.78 bits per heavy atom. The van der Waals surface area contributed by atoms with Crippen molar-refractivity contribution in [1.29, 1.82) is 0 Å². The number of likely N-dealkylation sites (tertiary alicyclic amines) is 1. The van der Waals surface area contributed by atoms with Crippen LogP contribution in [0.25, 0.3) is 0 Å². The molecule has 0 saturated carbocycles. The van der Waals surface area contributed by atoms with Gasteiger partial charge in [-0.1, -0.05) is 30.1 Å². The number of benzene rings is 1. The Kier molecular flexibility index (Phi) is 4.73. The summed E-state index contributed by atoms with van der Waals surface area (Å²) in [6.07, 6.45) is 0. The van der Waals surface area contributed by atoms with Gasteiger partial charge in [-0.25, -0.2) is 0 Å². The molecule has 0 amide bonds. The minimum absolute atomic E-state index is 0.282. The van der Waals surface area contributed by atoms with E-state index in [9.17, 15) is 0 Å². The summed E-state index contributed by atoms with van der Waals surface area (Å²) in [5.74, 6) is 1.24. The molecule has 2 rings (SSSR count). The maximum Gasteiger partial charge on any atom is 0.138 e. The Morgan fingerprint density at radius 2 is 2.17 bits per heavy atom. The smallest absolute Gasteiger partial charge is 0.138 e. The van der Waals surface area contributed by atoms with E-state index < -0.39 is 0 Å². The Labute approximate surface area is 118 Å². The minimum Gasteiger partial charge on any atom is -0.491 e. The third-order valence-electron chi connectivity index (χ3n) is 3.31. The molecule has 5 heteroatoms. The van der Waals surface area contributed by atoms with E-state index in [4.69, 9.17) is 33.7 Å². The summed E-state index contributed by atoms with van der Waals surface area (Å²) in [6, 6.07) is 5.54. The van der Waals surface area contributed by atoms with E-state index in [0.29, 0.717) is 28.3 Å². The lowest BCUT2D eigenvalue weighted by Crippen LogP contribution is -2.30. The van der Waals surface area contributed by atoms with E-state index in [2.05, 4.69) is 11.8 Å². The van der Waals surface area contributed by atoms with Gasteiger partial charge in [0.05, 0.1) is 5.02 Å². The van der Waals surface area contributed by atoms with Crippen molar-refractivity contribution in [2.24, 2.45) is 11.7 Å². The molecule has 0 radical (unpaired) electrons. The zero-order valence-corrected chi connectivity index (χ0v) is 11.9. The highest BCUT2D eigenvalue weighted by atomic mass is 35.5. The third-order valence-corrected chi connectivity index (χ3v) is 3.84. The first-order valence-corrected chi connectivity index (χ1v) is 6.87. The van der Waals surface area contributed by atoms with Gasteiger partial charge in [-0.3, -0.25) is 4.90 Å². The Bertz CT molecular complexity index is 404. The van der Waals surface area contributed by atoms with Crippen molar-refractivity contribution < 1.29 is 4.74 Å². The first-order chi connectivity index (χ1) is 8.56. The standard InChI is InChI=1S/C13H18Cl2N2O/c1-9-7-17(8-12(9)16)4-5-18-13-3-2-10(14)6-11(13)15/h2-3,6,9,12H,4-5,7-8,16H2,1H3. The fraction of sp³-hybridized carbons (Fsp3) is 0.538. The highest BCUT2D eigenvalue weighted by Crippen LogP contribution is 2.27. The van der Waals surface area contributed by atoms with Crippen molar-refractivity contribution in [2.45, 2.75) is 13.0 Å². The third kappa shape index (κ3) is 3.51. The fourth-order valence-corrected chi connectivity index (χ4v) is 2.62. The van der Waals surface area contributed by atoms with Crippen LogP contribution in [0.15, 0.2) is 18.2 Å². The lowest BCUT2D eigenvalue weighted by Gasteiger charge is -2.16. The number of halogens is 2. The Hall–Kier alpha value is -0.480. The van der Waals surface area contributed by atoms with Crippen LogP contribution in [0.5, 0.6) is 5.75 Å². The van der Waals surface area contributed by atoms with Crippen LogP contribution in [0.3, 0.4) is 0 Å². The average Bonchev–Trinajstić information content (AvgIpc) is 2.61. The van der Waals surface area contributed by atoms with Crippen LogP contribution < -0.4 is 10.5 Å². The number of nitrogens with zero attached hydrogens (tertiary/aromatic N) is 1. The lowest BCUT2D eigenvalue weighted by atomic mass is 10.1. The van der Waals surface area contributed by atoms with Gasteiger partial charge in [-0.15, -0.1) is 0 Å². The van der Waals surface area contributed by atoms with Crippen LogP contribution >= 0.6 is 23.2 Å². The van der Waals surface area contributed by atoms with Gasteiger partial charge in [0, 0.05) is 30.7 Å². The van der Waals surface area contributed by atoms with Crippen molar-refractivity contribution in [3.8, 4) is 5.75 Å². The van der Waals surface area contributed by atoms with E-state index >= 15 is 0 Å². The van der Waals surface area contributed by atoms with Crippen LogP contribution in [0, 0.1) is 5.92 Å². The second kappa shape index (κ2) is 6.11. The molecule has 100 valence electrons. The van der Waals surface area contributed by atoms with E-state index in [0.717, 1.165) is 19.6 Å². The topological polar surface area (TPSA) is 38.5 Å². The maximum absolute atomic E-state index is 6.03. The van der Waals surface area contributed by atoms with E-state index in [-0.39, 0.29) is 6.04 Å². The molecule has 1 aliphatic heterocycles. The molecule has 1 aliphatic rings. The molecule has 0 aliphatic carbocycles. The summed E-state index contributed by atoms with van der Waals surface area (Å²) in [5, 5.41) is 1.17. The van der Waals surface area contributed by atoms with Crippen LogP contribution in [-0.2, 0) is 0 Å². The van der Waals surface area contributed by atoms with Crippen molar-refractivity contribution >= 4 is 23.2 Å². The van der Waals surface area contributed by atoms with Gasteiger partial charge >= 0.3 is 0 Å². The predicted molar refractivity (Wildman–Crippen MR) is 75.5 cm³/mol. The number of rotatable bonds is 4. The lowest BCUT2D eigenvalue weighted by molar-refractivity contribution is 0.233. The first-order valence-electron chi connectivity index (χ1n) is 6.12. The van der Waals surface area contributed by atoms with Gasteiger partial charge in [-0.05, 0) is 24.1 Å². The van der Waals surface area contributed by atoms with Gasteiger partial charge in [-0.2, -0.15) is 0 Å². The quantitative estimate of drug-likeness (QED) is 0.926. The first kappa shape index (κ1) is 13.9. The van der Waals surface area contributed by atoms with Gasteiger partial charge < -0.3 is 10.5 Å². The van der Waals surface area contributed by atoms with Crippen LogP contribution in [0.1, 0.15) is 6.92 Å². The summed E-state index contributed by atoms with van der Waals surface area (Å²) < 4.78 is 5.65. The molecule has 1 saturated heterocycles. The zero-order valence-electron chi connectivity index (χ0n) is 10.4. The molecule has 1 aromatic rings. The summed E-state index contributed by atoms with van der Waals surface area (Å²) in [4.78, 5) is 2.32. The fourth-order valence-electron chi connectivity index (χ4n) is 2.15. The van der Waals surface area contributed by atoms with Crippen molar-refractivity contribution in [2.75, 3.05) is 26.2 Å². The van der Waals surface area contributed by atoms with Gasteiger partial charge in [0.2, 0.25) is 0 Å². The van der Waals surface area contributed by atoms with Gasteiger partial charge in [0.15, 0.2) is 0 Å².